The van der Waals surface area contributed by atoms with E-state index < -0.39 is 0 Å². The lowest BCUT2D eigenvalue weighted by atomic mass is 9.92. The minimum Gasteiger partial charge on any atom is -0.372 e. The fraction of sp³-hybridized carbons (Fsp3) is 1.00. The van der Waals surface area contributed by atoms with Crippen LogP contribution in [0.5, 0.6) is 0 Å². The van der Waals surface area contributed by atoms with E-state index in [9.17, 15) is 0 Å². The first-order valence-electron chi connectivity index (χ1n) is 5.55. The molecule has 0 radical (unpaired) electrons. The van der Waals surface area contributed by atoms with Crippen molar-refractivity contribution in [2.75, 3.05) is 20.3 Å². The van der Waals surface area contributed by atoms with E-state index in [1.807, 2.05) is 7.05 Å². The molecule has 4 heteroatoms. The van der Waals surface area contributed by atoms with Crippen molar-refractivity contribution in [3.8, 4) is 0 Å². The molecule has 4 unspecified atom stereocenters. The Balaban J connectivity index is 1.51. The van der Waals surface area contributed by atoms with Gasteiger partial charge in [0.1, 0.15) is 12.2 Å². The number of ether oxygens (including phenoxy) is 2. The van der Waals surface area contributed by atoms with E-state index in [1.165, 1.54) is 12.8 Å². The Morgan fingerprint density at radius 1 is 1.00 bits per heavy atom. The van der Waals surface area contributed by atoms with Crippen molar-refractivity contribution in [3.05, 3.63) is 0 Å². The lowest BCUT2D eigenvalue weighted by Crippen LogP contribution is -2.69. The van der Waals surface area contributed by atoms with Crippen molar-refractivity contribution >= 4 is 0 Å². The lowest BCUT2D eigenvalue weighted by Gasteiger charge is -2.49. The third-order valence-electron chi connectivity index (χ3n) is 3.45. The molecule has 0 aromatic heterocycles. The highest BCUT2D eigenvalue weighted by Crippen LogP contribution is 2.29. The van der Waals surface area contributed by atoms with Gasteiger partial charge in [0, 0.05) is 6.04 Å². The van der Waals surface area contributed by atoms with Crippen LogP contribution in [0.4, 0.5) is 0 Å². The molecule has 1 aliphatic carbocycles. The molecule has 80 valence electrons. The average molecular weight is 198 g/mol. The van der Waals surface area contributed by atoms with Crippen molar-refractivity contribution in [3.63, 3.8) is 0 Å². The average Bonchev–Trinajstić information content (AvgIpc) is 2.91. The minimum absolute atomic E-state index is 0.269. The van der Waals surface area contributed by atoms with Gasteiger partial charge in [0.25, 0.3) is 0 Å². The zero-order chi connectivity index (χ0) is 9.54. The van der Waals surface area contributed by atoms with E-state index in [2.05, 4.69) is 10.6 Å². The fourth-order valence-electron chi connectivity index (χ4n) is 2.20. The SMILES string of the molecule is CNC1COC1C1OCC1NC1CC1. The van der Waals surface area contributed by atoms with Gasteiger partial charge in [0.15, 0.2) is 0 Å². The first-order chi connectivity index (χ1) is 6.88. The van der Waals surface area contributed by atoms with Gasteiger partial charge in [-0.2, -0.15) is 0 Å². The molecule has 0 bridgehead atoms. The van der Waals surface area contributed by atoms with Crippen LogP contribution < -0.4 is 10.6 Å². The van der Waals surface area contributed by atoms with Crippen LogP contribution in [0.3, 0.4) is 0 Å². The van der Waals surface area contributed by atoms with Gasteiger partial charge in [-0.05, 0) is 19.9 Å². The van der Waals surface area contributed by atoms with Gasteiger partial charge in [0.05, 0.1) is 25.3 Å². The summed E-state index contributed by atoms with van der Waals surface area (Å²) in [7, 11) is 1.99. The maximum atomic E-state index is 5.58. The molecule has 0 aromatic carbocycles. The first-order valence-corrected chi connectivity index (χ1v) is 5.55. The second-order valence-electron chi connectivity index (χ2n) is 4.54. The molecule has 1 saturated carbocycles. The van der Waals surface area contributed by atoms with Gasteiger partial charge in [-0.1, -0.05) is 0 Å². The van der Waals surface area contributed by atoms with Gasteiger partial charge >= 0.3 is 0 Å². The summed E-state index contributed by atoms with van der Waals surface area (Å²) in [5.41, 5.74) is 0. The highest BCUT2D eigenvalue weighted by atomic mass is 16.6. The number of likely N-dealkylation sites (N-methyl/N-ethyl adjacent to an activating group) is 1. The Bertz CT molecular complexity index is 218. The second-order valence-corrected chi connectivity index (χ2v) is 4.54. The predicted octanol–water partition coefficient (Wildman–Crippen LogP) is -0.507. The molecule has 0 amide bonds. The zero-order valence-corrected chi connectivity index (χ0v) is 8.53. The summed E-state index contributed by atoms with van der Waals surface area (Å²) in [4.78, 5) is 0. The van der Waals surface area contributed by atoms with Crippen LogP contribution in [0.2, 0.25) is 0 Å². The highest BCUT2D eigenvalue weighted by molar-refractivity contribution is 5.02. The van der Waals surface area contributed by atoms with Crippen molar-refractivity contribution in [1.29, 1.82) is 0 Å². The minimum atomic E-state index is 0.269. The van der Waals surface area contributed by atoms with Crippen LogP contribution in [0.1, 0.15) is 12.8 Å². The fourth-order valence-corrected chi connectivity index (χ4v) is 2.20. The molecule has 3 fully saturated rings. The molecule has 3 aliphatic rings. The van der Waals surface area contributed by atoms with E-state index in [1.54, 1.807) is 0 Å². The molecule has 14 heavy (non-hydrogen) atoms. The molecule has 4 nitrogen and oxygen atoms in total. The summed E-state index contributed by atoms with van der Waals surface area (Å²) in [5.74, 6) is 0. The Morgan fingerprint density at radius 2 is 1.64 bits per heavy atom. The molecular weight excluding hydrogens is 180 g/mol. The Morgan fingerprint density at radius 3 is 2.07 bits per heavy atom. The molecule has 2 N–H and O–H groups in total. The van der Waals surface area contributed by atoms with Crippen LogP contribution in [0, 0.1) is 0 Å². The summed E-state index contributed by atoms with van der Waals surface area (Å²) in [6.07, 6.45) is 3.22. The second kappa shape index (κ2) is 3.45. The summed E-state index contributed by atoms with van der Waals surface area (Å²) in [5, 5.41) is 6.86. The number of hydrogen-bond acceptors (Lipinski definition) is 4. The van der Waals surface area contributed by atoms with E-state index in [-0.39, 0.29) is 12.2 Å². The maximum Gasteiger partial charge on any atom is 0.103 e. The molecule has 4 atom stereocenters. The van der Waals surface area contributed by atoms with Crippen LogP contribution in [0.25, 0.3) is 0 Å². The molecule has 2 heterocycles. The summed E-state index contributed by atoms with van der Waals surface area (Å²) in [6.45, 7) is 1.69. The smallest absolute Gasteiger partial charge is 0.103 e. The van der Waals surface area contributed by atoms with E-state index in [0.717, 1.165) is 19.3 Å². The Hall–Kier alpha value is -0.160. The van der Waals surface area contributed by atoms with Crippen molar-refractivity contribution in [1.82, 2.24) is 10.6 Å². The standard InChI is InChI=1S/C10H18N2O2/c1-11-7-4-13-9(7)10-8(5-14-10)12-6-2-3-6/h6-12H,2-5H2,1H3. The quantitative estimate of drug-likeness (QED) is 0.638. The predicted molar refractivity (Wildman–Crippen MR) is 52.3 cm³/mol. The number of hydrogen-bond donors (Lipinski definition) is 2. The van der Waals surface area contributed by atoms with E-state index in [0.29, 0.717) is 12.1 Å². The number of nitrogens with one attached hydrogen (secondary N) is 2. The molecular formula is C10H18N2O2. The molecule has 2 aliphatic heterocycles. The molecule has 3 rings (SSSR count). The Kier molecular flexibility index (Phi) is 2.24. The number of rotatable bonds is 4. The topological polar surface area (TPSA) is 42.5 Å². The van der Waals surface area contributed by atoms with E-state index in [4.69, 9.17) is 9.47 Å². The first kappa shape index (κ1) is 9.09. The maximum absolute atomic E-state index is 5.58. The van der Waals surface area contributed by atoms with Crippen molar-refractivity contribution in [2.45, 2.75) is 43.2 Å². The Labute approximate surface area is 84.3 Å². The monoisotopic (exact) mass is 198 g/mol. The van der Waals surface area contributed by atoms with Gasteiger partial charge in [-0.15, -0.1) is 0 Å². The van der Waals surface area contributed by atoms with Gasteiger partial charge in [-0.3, -0.25) is 0 Å². The van der Waals surface area contributed by atoms with Gasteiger partial charge in [-0.25, -0.2) is 0 Å². The highest BCUT2D eigenvalue weighted by Gasteiger charge is 2.48. The van der Waals surface area contributed by atoms with Crippen LogP contribution in [-0.4, -0.2) is 50.6 Å². The lowest BCUT2D eigenvalue weighted by molar-refractivity contribution is -0.215. The largest absolute Gasteiger partial charge is 0.372 e. The van der Waals surface area contributed by atoms with Crippen molar-refractivity contribution < 1.29 is 9.47 Å². The summed E-state index contributed by atoms with van der Waals surface area (Å²) < 4.78 is 11.1. The van der Waals surface area contributed by atoms with Crippen LogP contribution >= 0.6 is 0 Å². The summed E-state index contributed by atoms with van der Waals surface area (Å²) >= 11 is 0. The normalized spacial score (nSPS) is 46.9. The van der Waals surface area contributed by atoms with Crippen molar-refractivity contribution in [2.24, 2.45) is 0 Å². The molecule has 2 saturated heterocycles. The van der Waals surface area contributed by atoms with Crippen LogP contribution in [0.15, 0.2) is 0 Å². The van der Waals surface area contributed by atoms with Gasteiger partial charge in [0.2, 0.25) is 0 Å². The molecule has 0 spiro atoms. The zero-order valence-electron chi connectivity index (χ0n) is 8.53. The molecule has 0 aromatic rings. The van der Waals surface area contributed by atoms with E-state index >= 15 is 0 Å². The van der Waals surface area contributed by atoms with Crippen LogP contribution in [-0.2, 0) is 9.47 Å². The van der Waals surface area contributed by atoms with Gasteiger partial charge < -0.3 is 20.1 Å². The summed E-state index contributed by atoms with van der Waals surface area (Å²) in [6, 6.07) is 1.78. The third-order valence-corrected chi connectivity index (χ3v) is 3.45. The third kappa shape index (κ3) is 1.46.